The zero-order valence-electron chi connectivity index (χ0n) is 15.2. The normalized spacial score (nSPS) is 11.6. The molecule has 0 aliphatic heterocycles. The summed E-state index contributed by atoms with van der Waals surface area (Å²) in [7, 11) is 2.84. The number of nitrogens with zero attached hydrogens (tertiary/aromatic N) is 2. The number of hydrogen-bond donors (Lipinski definition) is 1. The first-order valence-electron chi connectivity index (χ1n) is 8.18. The number of aromatic amines is 1. The van der Waals surface area contributed by atoms with Crippen molar-refractivity contribution >= 4 is 23.3 Å². The van der Waals surface area contributed by atoms with Gasteiger partial charge in [0.1, 0.15) is 17.1 Å². The molecule has 0 fully saturated rings. The molecule has 0 saturated carbocycles. The van der Waals surface area contributed by atoms with Crippen LogP contribution < -0.4 is 15.0 Å². The quantitative estimate of drug-likeness (QED) is 0.653. The van der Waals surface area contributed by atoms with E-state index in [1.165, 1.54) is 24.9 Å². The molecule has 10 heteroatoms. The number of rotatable bonds is 4. The number of hydrogen-bond acceptors (Lipinski definition) is 5. The van der Waals surface area contributed by atoms with Crippen molar-refractivity contribution in [2.45, 2.75) is 19.6 Å². The van der Waals surface area contributed by atoms with Crippen LogP contribution in [0.25, 0.3) is 22.3 Å². The van der Waals surface area contributed by atoms with E-state index in [2.05, 4.69) is 9.97 Å². The number of aryl methyl sites for hydroxylation is 1. The number of fused-ring (bicyclic) bond motifs is 1. The maximum atomic E-state index is 13.8. The molecule has 3 aromatic rings. The number of halogens is 3. The van der Waals surface area contributed by atoms with E-state index >= 15 is 0 Å². The molecule has 2 heterocycles. The lowest BCUT2D eigenvalue weighted by molar-refractivity contribution is -0.136. The van der Waals surface area contributed by atoms with Crippen LogP contribution in [0, 0.1) is 4.77 Å². The second-order valence-electron chi connectivity index (χ2n) is 5.82. The van der Waals surface area contributed by atoms with Crippen LogP contribution in [0.2, 0.25) is 0 Å². The number of ether oxygens (including phenoxy) is 2. The summed E-state index contributed by atoms with van der Waals surface area (Å²) in [6.45, 7) is 1.93. The van der Waals surface area contributed by atoms with Crippen molar-refractivity contribution in [3.63, 3.8) is 0 Å². The monoisotopic (exact) mass is 411 g/mol. The number of methoxy groups -OCH3 is 2. The van der Waals surface area contributed by atoms with Gasteiger partial charge < -0.3 is 14.0 Å². The Labute approximate surface area is 162 Å². The molecular weight excluding hydrogens is 395 g/mol. The Morgan fingerprint density at radius 1 is 1.21 bits per heavy atom. The SMILES string of the molecule is CCn1c(=S)[nH]c(=O)c2c(C(F)(F)F)cc(-c3cc(OC)ccc3OC)nc21. The van der Waals surface area contributed by atoms with Crippen LogP contribution in [0.15, 0.2) is 29.1 Å². The molecule has 148 valence electrons. The molecule has 0 spiro atoms. The smallest absolute Gasteiger partial charge is 0.417 e. The third-order valence-electron chi connectivity index (χ3n) is 4.25. The minimum absolute atomic E-state index is 0.00428. The molecule has 1 N–H and O–H groups in total. The van der Waals surface area contributed by atoms with Gasteiger partial charge in [-0.3, -0.25) is 9.78 Å². The first-order valence-corrected chi connectivity index (χ1v) is 8.59. The number of aromatic nitrogens is 3. The summed E-state index contributed by atoms with van der Waals surface area (Å²) >= 11 is 5.09. The highest BCUT2D eigenvalue weighted by molar-refractivity contribution is 7.71. The van der Waals surface area contributed by atoms with Crippen molar-refractivity contribution in [1.29, 1.82) is 0 Å². The average Bonchev–Trinajstić information content (AvgIpc) is 2.66. The zero-order chi connectivity index (χ0) is 20.6. The molecule has 0 unspecified atom stereocenters. The van der Waals surface area contributed by atoms with Gasteiger partial charge in [-0.05, 0) is 43.4 Å². The summed E-state index contributed by atoms with van der Waals surface area (Å²) < 4.78 is 53.1. The van der Waals surface area contributed by atoms with Gasteiger partial charge in [0.25, 0.3) is 5.56 Å². The maximum Gasteiger partial charge on any atom is 0.417 e. The predicted octanol–water partition coefficient (Wildman–Crippen LogP) is 4.18. The Morgan fingerprint density at radius 2 is 1.93 bits per heavy atom. The third kappa shape index (κ3) is 3.35. The fourth-order valence-corrected chi connectivity index (χ4v) is 3.25. The molecule has 0 aliphatic rings. The minimum atomic E-state index is -4.77. The molecule has 0 atom stereocenters. The summed E-state index contributed by atoms with van der Waals surface area (Å²) in [5, 5.41) is -0.562. The van der Waals surface area contributed by atoms with Gasteiger partial charge in [-0.2, -0.15) is 13.2 Å². The highest BCUT2D eigenvalue weighted by Crippen LogP contribution is 2.38. The van der Waals surface area contributed by atoms with E-state index in [9.17, 15) is 18.0 Å². The van der Waals surface area contributed by atoms with Crippen LogP contribution in [-0.2, 0) is 12.7 Å². The number of nitrogens with one attached hydrogen (secondary N) is 1. The zero-order valence-corrected chi connectivity index (χ0v) is 16.0. The van der Waals surface area contributed by atoms with Gasteiger partial charge in [0.05, 0.1) is 30.9 Å². The molecule has 2 aromatic heterocycles. The Kier molecular flexibility index (Phi) is 5.16. The topological polar surface area (TPSA) is 69.1 Å². The van der Waals surface area contributed by atoms with Crippen LogP contribution in [0.4, 0.5) is 13.2 Å². The molecule has 6 nitrogen and oxygen atoms in total. The van der Waals surface area contributed by atoms with E-state index in [0.717, 1.165) is 6.07 Å². The van der Waals surface area contributed by atoms with Gasteiger partial charge in [-0.1, -0.05) is 0 Å². The van der Waals surface area contributed by atoms with Crippen molar-refractivity contribution in [3.05, 3.63) is 45.0 Å². The standard InChI is InChI=1S/C18H16F3N3O3S/c1-4-24-15-14(16(25)23-17(24)28)11(18(19,20)21)8-12(22-15)10-7-9(26-2)5-6-13(10)27-3/h5-8H,4H2,1-3H3,(H,23,25,28). The van der Waals surface area contributed by atoms with Crippen LogP contribution in [0.1, 0.15) is 12.5 Å². The third-order valence-corrected chi connectivity index (χ3v) is 4.58. The van der Waals surface area contributed by atoms with Gasteiger partial charge in [0.2, 0.25) is 0 Å². The van der Waals surface area contributed by atoms with Gasteiger partial charge >= 0.3 is 6.18 Å². The average molecular weight is 411 g/mol. The molecule has 0 radical (unpaired) electrons. The summed E-state index contributed by atoms with van der Waals surface area (Å²) in [6.07, 6.45) is -4.77. The van der Waals surface area contributed by atoms with Crippen LogP contribution in [0.5, 0.6) is 11.5 Å². The first-order chi connectivity index (χ1) is 13.2. The van der Waals surface area contributed by atoms with E-state index in [1.54, 1.807) is 19.1 Å². The molecule has 0 bridgehead atoms. The molecule has 0 amide bonds. The highest BCUT2D eigenvalue weighted by Gasteiger charge is 2.35. The fraction of sp³-hybridized carbons (Fsp3) is 0.278. The van der Waals surface area contributed by atoms with E-state index in [4.69, 9.17) is 21.7 Å². The number of pyridine rings is 1. The lowest BCUT2D eigenvalue weighted by Crippen LogP contribution is -2.20. The van der Waals surface area contributed by atoms with Crippen LogP contribution in [-0.4, -0.2) is 28.8 Å². The van der Waals surface area contributed by atoms with E-state index < -0.39 is 22.7 Å². The van der Waals surface area contributed by atoms with E-state index in [1.807, 2.05) is 0 Å². The van der Waals surface area contributed by atoms with E-state index in [0.29, 0.717) is 17.1 Å². The molecule has 3 rings (SSSR count). The lowest BCUT2D eigenvalue weighted by Gasteiger charge is -2.16. The Morgan fingerprint density at radius 3 is 2.50 bits per heavy atom. The fourth-order valence-electron chi connectivity index (χ4n) is 2.94. The second kappa shape index (κ2) is 7.27. The number of alkyl halides is 3. The first kappa shape index (κ1) is 19.9. The number of H-pyrrole nitrogens is 1. The molecular formula is C18H16F3N3O3S. The largest absolute Gasteiger partial charge is 0.497 e. The number of benzene rings is 1. The Hall–Kier alpha value is -2.88. The maximum absolute atomic E-state index is 13.8. The van der Waals surface area contributed by atoms with Crippen LogP contribution in [0.3, 0.4) is 0 Å². The molecule has 1 aromatic carbocycles. The molecule has 28 heavy (non-hydrogen) atoms. The summed E-state index contributed by atoms with van der Waals surface area (Å²) in [6, 6.07) is 5.53. The second-order valence-corrected chi connectivity index (χ2v) is 6.21. The van der Waals surface area contributed by atoms with Gasteiger partial charge in [0, 0.05) is 12.1 Å². The lowest BCUT2D eigenvalue weighted by atomic mass is 10.0. The van der Waals surface area contributed by atoms with Crippen molar-refractivity contribution in [1.82, 2.24) is 14.5 Å². The van der Waals surface area contributed by atoms with Crippen molar-refractivity contribution < 1.29 is 22.6 Å². The Balaban J connectivity index is 2.51. The molecule has 0 saturated heterocycles. The minimum Gasteiger partial charge on any atom is -0.497 e. The summed E-state index contributed by atoms with van der Waals surface area (Å²) in [4.78, 5) is 18.9. The summed E-state index contributed by atoms with van der Waals surface area (Å²) in [5.41, 5.74) is -1.91. The summed E-state index contributed by atoms with van der Waals surface area (Å²) in [5.74, 6) is 0.733. The van der Waals surface area contributed by atoms with Gasteiger partial charge in [0.15, 0.2) is 4.77 Å². The van der Waals surface area contributed by atoms with Gasteiger partial charge in [-0.25, -0.2) is 4.98 Å². The Bertz CT molecular complexity index is 1170. The predicted molar refractivity (Wildman–Crippen MR) is 100 cm³/mol. The van der Waals surface area contributed by atoms with Crippen LogP contribution >= 0.6 is 12.2 Å². The van der Waals surface area contributed by atoms with Crippen molar-refractivity contribution in [2.75, 3.05) is 14.2 Å². The van der Waals surface area contributed by atoms with Gasteiger partial charge in [-0.15, -0.1) is 0 Å². The van der Waals surface area contributed by atoms with Crippen molar-refractivity contribution in [2.24, 2.45) is 0 Å². The highest BCUT2D eigenvalue weighted by atomic mass is 32.1. The van der Waals surface area contributed by atoms with Crippen molar-refractivity contribution in [3.8, 4) is 22.8 Å². The van der Waals surface area contributed by atoms with E-state index in [-0.39, 0.29) is 22.7 Å². The molecule has 0 aliphatic carbocycles.